The van der Waals surface area contributed by atoms with E-state index in [1.807, 2.05) is 6.20 Å². The Balaban J connectivity index is 1.80. The van der Waals surface area contributed by atoms with E-state index in [1.54, 1.807) is 12.5 Å². The molecule has 3 heterocycles. The van der Waals surface area contributed by atoms with Gasteiger partial charge in [-0.1, -0.05) is 55.4 Å². The van der Waals surface area contributed by atoms with Crippen molar-refractivity contribution in [2.45, 2.75) is 78.1 Å². The molecule has 6 nitrogen and oxygen atoms in total. The van der Waals surface area contributed by atoms with E-state index in [4.69, 9.17) is 8.83 Å². The van der Waals surface area contributed by atoms with Crippen molar-refractivity contribution in [1.82, 2.24) is 19.9 Å². The normalized spacial score (nSPS) is 13.3. The average Bonchev–Trinajstić information content (AvgIpc) is 3.25. The lowest BCUT2D eigenvalue weighted by Gasteiger charge is -2.19. The number of rotatable bonds is 4. The van der Waals surface area contributed by atoms with Crippen LogP contribution in [0.15, 0.2) is 27.5 Å². The van der Waals surface area contributed by atoms with Gasteiger partial charge < -0.3 is 13.8 Å². The molecule has 0 radical (unpaired) electrons. The van der Waals surface area contributed by atoms with Crippen molar-refractivity contribution in [2.24, 2.45) is 0 Å². The number of aromatic nitrogens is 4. The maximum atomic E-state index is 6.00. The number of nitrogens with zero attached hydrogens (tertiary/aromatic N) is 3. The van der Waals surface area contributed by atoms with Gasteiger partial charge in [-0.05, 0) is 0 Å². The van der Waals surface area contributed by atoms with Gasteiger partial charge in [0.05, 0.1) is 11.9 Å². The first kappa shape index (κ1) is 19.4. The van der Waals surface area contributed by atoms with Gasteiger partial charge in [-0.15, -0.1) is 0 Å². The van der Waals surface area contributed by atoms with Crippen molar-refractivity contribution in [1.29, 1.82) is 0 Å². The number of oxazole rings is 2. The van der Waals surface area contributed by atoms with E-state index in [1.165, 1.54) is 0 Å². The monoisotopic (exact) mass is 370 g/mol. The number of nitrogens with one attached hydrogen (secondary N) is 1. The van der Waals surface area contributed by atoms with Gasteiger partial charge in [0.2, 0.25) is 11.7 Å². The molecule has 3 aromatic rings. The Morgan fingerprint density at radius 3 is 2.19 bits per heavy atom. The predicted octanol–water partition coefficient (Wildman–Crippen LogP) is 5.17. The lowest BCUT2D eigenvalue weighted by molar-refractivity contribution is 0.362. The van der Waals surface area contributed by atoms with Crippen molar-refractivity contribution in [3.05, 3.63) is 41.8 Å². The minimum Gasteiger partial charge on any atom is -0.442 e. The number of hydrogen-bond donors (Lipinski definition) is 1. The summed E-state index contributed by atoms with van der Waals surface area (Å²) >= 11 is 0. The first-order chi connectivity index (χ1) is 12.4. The van der Waals surface area contributed by atoms with E-state index < -0.39 is 0 Å². The summed E-state index contributed by atoms with van der Waals surface area (Å²) < 4.78 is 11.6. The average molecular weight is 370 g/mol. The fraction of sp³-hybridized carbons (Fsp3) is 0.571. The topological polar surface area (TPSA) is 80.7 Å². The Kier molecular flexibility index (Phi) is 4.57. The van der Waals surface area contributed by atoms with E-state index in [9.17, 15) is 0 Å². The fourth-order valence-corrected chi connectivity index (χ4v) is 2.74. The molecule has 0 spiro atoms. The van der Waals surface area contributed by atoms with Crippen molar-refractivity contribution in [2.75, 3.05) is 0 Å². The van der Waals surface area contributed by atoms with Crippen LogP contribution in [-0.2, 0) is 22.7 Å². The summed E-state index contributed by atoms with van der Waals surface area (Å²) in [5, 5.41) is 0. The van der Waals surface area contributed by atoms with Gasteiger partial charge in [-0.25, -0.2) is 15.0 Å². The van der Waals surface area contributed by atoms with E-state index >= 15 is 0 Å². The van der Waals surface area contributed by atoms with Crippen LogP contribution in [0.3, 0.4) is 0 Å². The Morgan fingerprint density at radius 1 is 0.926 bits per heavy atom. The summed E-state index contributed by atoms with van der Waals surface area (Å²) in [5.74, 6) is 2.57. The largest absolute Gasteiger partial charge is 0.442 e. The van der Waals surface area contributed by atoms with Crippen LogP contribution >= 0.6 is 0 Å². The van der Waals surface area contributed by atoms with E-state index in [-0.39, 0.29) is 16.2 Å². The Bertz CT molecular complexity index is 917. The first-order valence-electron chi connectivity index (χ1n) is 9.33. The van der Waals surface area contributed by atoms with Gasteiger partial charge in [0, 0.05) is 34.6 Å². The van der Waals surface area contributed by atoms with Crippen LogP contribution in [0.25, 0.3) is 11.7 Å². The van der Waals surface area contributed by atoms with Gasteiger partial charge in [-0.2, -0.15) is 0 Å². The molecule has 3 rings (SSSR count). The van der Waals surface area contributed by atoms with E-state index in [0.29, 0.717) is 24.0 Å². The summed E-state index contributed by atoms with van der Waals surface area (Å²) in [6.07, 6.45) is 5.96. The van der Waals surface area contributed by atoms with Crippen molar-refractivity contribution < 1.29 is 8.83 Å². The van der Waals surface area contributed by atoms with Crippen LogP contribution in [0.2, 0.25) is 0 Å². The highest BCUT2D eigenvalue weighted by Gasteiger charge is 2.30. The molecule has 0 aliphatic heterocycles. The van der Waals surface area contributed by atoms with Crippen LogP contribution in [0, 0.1) is 0 Å². The minimum atomic E-state index is -0.315. The fourth-order valence-electron chi connectivity index (χ4n) is 2.74. The molecule has 0 atom stereocenters. The summed E-state index contributed by atoms with van der Waals surface area (Å²) in [5.41, 5.74) is 1.66. The third-order valence-electron chi connectivity index (χ3n) is 4.61. The maximum Gasteiger partial charge on any atom is 0.264 e. The molecule has 27 heavy (non-hydrogen) atoms. The Labute approximate surface area is 160 Å². The molecular weight excluding hydrogens is 340 g/mol. The summed E-state index contributed by atoms with van der Waals surface area (Å²) in [4.78, 5) is 17.0. The first-order valence-corrected chi connectivity index (χ1v) is 9.33. The van der Waals surface area contributed by atoms with E-state index in [2.05, 4.69) is 75.3 Å². The van der Waals surface area contributed by atoms with Crippen molar-refractivity contribution >= 4 is 0 Å². The number of imidazole rings is 1. The maximum absolute atomic E-state index is 6.00. The molecule has 6 heteroatoms. The third-order valence-corrected chi connectivity index (χ3v) is 4.61. The zero-order valence-electron chi connectivity index (χ0n) is 17.6. The zero-order valence-corrected chi connectivity index (χ0v) is 17.6. The van der Waals surface area contributed by atoms with Crippen LogP contribution in [0.4, 0.5) is 0 Å². The van der Waals surface area contributed by atoms with Gasteiger partial charge in [0.25, 0.3) is 5.89 Å². The van der Waals surface area contributed by atoms with Gasteiger partial charge in [0.15, 0.2) is 0 Å². The second-order valence-corrected chi connectivity index (χ2v) is 9.87. The standard InChI is InChI=1S/C21H30N4O2/c1-19(2,3)14-11-22-16(24-14)9-21(7,8)18-23-10-13(27-18)17-25-15(12-26-17)20(4,5)6/h10-12H,9H2,1-8H3,(H,22,24). The highest BCUT2D eigenvalue weighted by atomic mass is 16.4. The molecule has 0 aliphatic carbocycles. The smallest absolute Gasteiger partial charge is 0.264 e. The van der Waals surface area contributed by atoms with Crippen LogP contribution in [0.5, 0.6) is 0 Å². The van der Waals surface area contributed by atoms with E-state index in [0.717, 1.165) is 17.2 Å². The molecule has 1 N–H and O–H groups in total. The highest BCUT2D eigenvalue weighted by molar-refractivity contribution is 5.43. The Hall–Kier alpha value is -2.37. The molecule has 0 amide bonds. The molecule has 0 unspecified atom stereocenters. The lowest BCUT2D eigenvalue weighted by Crippen LogP contribution is -2.22. The number of H-pyrrole nitrogens is 1. The molecule has 0 saturated carbocycles. The van der Waals surface area contributed by atoms with Gasteiger partial charge in [-0.3, -0.25) is 0 Å². The molecule has 146 valence electrons. The zero-order chi connectivity index (χ0) is 20.0. The number of hydrogen-bond acceptors (Lipinski definition) is 5. The molecule has 0 bridgehead atoms. The second kappa shape index (κ2) is 6.36. The summed E-state index contributed by atoms with van der Waals surface area (Å²) in [7, 11) is 0. The van der Waals surface area contributed by atoms with Crippen LogP contribution in [0.1, 0.15) is 78.5 Å². The molecule has 3 aromatic heterocycles. The number of aromatic amines is 1. The molecule has 0 saturated heterocycles. The predicted molar refractivity (Wildman–Crippen MR) is 105 cm³/mol. The Morgan fingerprint density at radius 2 is 1.63 bits per heavy atom. The lowest BCUT2D eigenvalue weighted by atomic mass is 9.89. The van der Waals surface area contributed by atoms with Crippen LogP contribution in [-0.4, -0.2) is 19.9 Å². The quantitative estimate of drug-likeness (QED) is 0.685. The second-order valence-electron chi connectivity index (χ2n) is 9.87. The van der Waals surface area contributed by atoms with Gasteiger partial charge in [0.1, 0.15) is 12.1 Å². The minimum absolute atomic E-state index is 0.0429. The van der Waals surface area contributed by atoms with Gasteiger partial charge >= 0.3 is 0 Å². The summed E-state index contributed by atoms with van der Waals surface area (Å²) in [6.45, 7) is 17.0. The summed E-state index contributed by atoms with van der Waals surface area (Å²) in [6, 6.07) is 0. The molecule has 0 fully saturated rings. The highest BCUT2D eigenvalue weighted by Crippen LogP contribution is 2.31. The van der Waals surface area contributed by atoms with Crippen molar-refractivity contribution in [3.63, 3.8) is 0 Å². The SMILES string of the molecule is CC(C)(C)c1coc(-c2cnc(C(C)(C)Cc3ncc(C(C)(C)C)[nH]3)o2)n1. The third kappa shape index (κ3) is 4.15. The van der Waals surface area contributed by atoms with Crippen molar-refractivity contribution in [3.8, 4) is 11.7 Å². The molecular formula is C21H30N4O2. The molecule has 0 aromatic carbocycles. The van der Waals surface area contributed by atoms with Crippen LogP contribution < -0.4 is 0 Å². The molecule has 0 aliphatic rings.